The van der Waals surface area contributed by atoms with Crippen molar-refractivity contribution >= 4 is 35.8 Å². The Balaban J connectivity index is 0.00000324. The maximum absolute atomic E-state index is 11.8. The smallest absolute Gasteiger partial charge is 0.224 e. The topological polar surface area (TPSA) is 56.7 Å². The lowest BCUT2D eigenvalue weighted by atomic mass is 10.3. The van der Waals surface area contributed by atoms with E-state index in [-0.39, 0.29) is 29.9 Å². The first-order valence-corrected chi connectivity index (χ1v) is 7.07. The van der Waals surface area contributed by atoms with Crippen LogP contribution in [0, 0.1) is 0 Å². The van der Waals surface area contributed by atoms with E-state index in [1.165, 1.54) is 0 Å². The molecule has 5 nitrogen and oxygen atoms in total. The lowest BCUT2D eigenvalue weighted by Crippen LogP contribution is -2.39. The number of hydrogen-bond donors (Lipinski definition) is 2. The Hall–Kier alpha value is -0.530. The van der Waals surface area contributed by atoms with E-state index in [1.54, 1.807) is 0 Å². The molecular formula is C13H27IN4O. The van der Waals surface area contributed by atoms with E-state index in [9.17, 15) is 4.79 Å². The molecule has 1 amide bonds. The van der Waals surface area contributed by atoms with E-state index in [0.29, 0.717) is 13.0 Å². The Morgan fingerprint density at radius 3 is 2.47 bits per heavy atom. The number of rotatable bonds is 6. The fraction of sp³-hybridized carbons (Fsp3) is 0.846. The Morgan fingerprint density at radius 2 is 1.89 bits per heavy atom. The van der Waals surface area contributed by atoms with Gasteiger partial charge in [-0.3, -0.25) is 9.79 Å². The average molecular weight is 382 g/mol. The van der Waals surface area contributed by atoms with Crippen LogP contribution in [0.15, 0.2) is 4.99 Å². The number of carbonyl (C=O) groups is 1. The van der Waals surface area contributed by atoms with Crippen molar-refractivity contribution in [3.05, 3.63) is 0 Å². The highest BCUT2D eigenvalue weighted by Crippen LogP contribution is 2.08. The van der Waals surface area contributed by atoms with Crippen LogP contribution in [0.3, 0.4) is 0 Å². The number of nitrogens with zero attached hydrogens (tertiary/aromatic N) is 2. The summed E-state index contributed by atoms with van der Waals surface area (Å²) in [5.41, 5.74) is 0. The van der Waals surface area contributed by atoms with Crippen LogP contribution in [0.5, 0.6) is 0 Å². The number of nitrogens with one attached hydrogen (secondary N) is 2. The molecule has 0 aromatic carbocycles. The van der Waals surface area contributed by atoms with E-state index < -0.39 is 0 Å². The van der Waals surface area contributed by atoms with Gasteiger partial charge in [-0.05, 0) is 26.2 Å². The first kappa shape index (κ1) is 18.5. The first-order chi connectivity index (χ1) is 8.77. The SMILES string of the molecule is CCCN=C(NCC)NCCC(=O)N1CCCC1.I. The van der Waals surface area contributed by atoms with Crippen molar-refractivity contribution in [3.63, 3.8) is 0 Å². The summed E-state index contributed by atoms with van der Waals surface area (Å²) in [6, 6.07) is 0. The number of guanidine groups is 1. The van der Waals surface area contributed by atoms with Crippen molar-refractivity contribution in [1.82, 2.24) is 15.5 Å². The first-order valence-electron chi connectivity index (χ1n) is 7.07. The maximum Gasteiger partial charge on any atom is 0.224 e. The number of amides is 1. The van der Waals surface area contributed by atoms with Gasteiger partial charge in [0.05, 0.1) is 0 Å². The second kappa shape index (κ2) is 11.3. The van der Waals surface area contributed by atoms with E-state index in [0.717, 1.165) is 51.4 Å². The molecule has 0 unspecified atom stereocenters. The maximum atomic E-state index is 11.8. The lowest BCUT2D eigenvalue weighted by Gasteiger charge is -2.16. The normalized spacial score (nSPS) is 15.1. The Labute approximate surface area is 133 Å². The highest BCUT2D eigenvalue weighted by Gasteiger charge is 2.17. The molecule has 0 aromatic rings. The van der Waals surface area contributed by atoms with Gasteiger partial charge in [-0.25, -0.2) is 0 Å². The van der Waals surface area contributed by atoms with Gasteiger partial charge in [0.25, 0.3) is 0 Å². The molecule has 2 N–H and O–H groups in total. The summed E-state index contributed by atoms with van der Waals surface area (Å²) in [5.74, 6) is 1.07. The van der Waals surface area contributed by atoms with Crippen molar-refractivity contribution in [1.29, 1.82) is 0 Å². The zero-order valence-corrected chi connectivity index (χ0v) is 14.4. The molecule has 6 heteroatoms. The van der Waals surface area contributed by atoms with Gasteiger partial charge in [-0.2, -0.15) is 0 Å². The van der Waals surface area contributed by atoms with Crippen LogP contribution in [0.2, 0.25) is 0 Å². The van der Waals surface area contributed by atoms with Crippen LogP contribution in [0.1, 0.15) is 39.5 Å². The van der Waals surface area contributed by atoms with Gasteiger partial charge in [-0.1, -0.05) is 6.92 Å². The van der Waals surface area contributed by atoms with E-state index in [2.05, 4.69) is 22.5 Å². The molecule has 0 aromatic heterocycles. The standard InChI is InChI=1S/C13H26N4O.HI/c1-3-8-15-13(14-4-2)16-9-7-12(18)17-10-5-6-11-17;/h3-11H2,1-2H3,(H2,14,15,16);1H. The van der Waals surface area contributed by atoms with Crippen molar-refractivity contribution < 1.29 is 4.79 Å². The van der Waals surface area contributed by atoms with Gasteiger partial charge in [-0.15, -0.1) is 24.0 Å². The molecule has 1 heterocycles. The molecule has 1 aliphatic heterocycles. The lowest BCUT2D eigenvalue weighted by molar-refractivity contribution is -0.129. The van der Waals surface area contributed by atoms with Crippen LogP contribution in [-0.4, -0.2) is 49.5 Å². The summed E-state index contributed by atoms with van der Waals surface area (Å²) in [6.07, 6.45) is 3.89. The third kappa shape index (κ3) is 7.59. The van der Waals surface area contributed by atoms with Crippen molar-refractivity contribution in [2.75, 3.05) is 32.7 Å². The summed E-state index contributed by atoms with van der Waals surface area (Å²) in [7, 11) is 0. The molecule has 0 atom stereocenters. The number of halogens is 1. The average Bonchev–Trinajstić information content (AvgIpc) is 2.89. The second-order valence-corrected chi connectivity index (χ2v) is 4.53. The second-order valence-electron chi connectivity index (χ2n) is 4.53. The van der Waals surface area contributed by atoms with E-state index in [1.807, 2.05) is 11.8 Å². The van der Waals surface area contributed by atoms with Gasteiger partial charge < -0.3 is 15.5 Å². The summed E-state index contributed by atoms with van der Waals surface area (Å²) < 4.78 is 0. The largest absolute Gasteiger partial charge is 0.357 e. The molecule has 112 valence electrons. The zero-order chi connectivity index (χ0) is 13.2. The minimum atomic E-state index is 0. The van der Waals surface area contributed by atoms with E-state index >= 15 is 0 Å². The molecule has 0 radical (unpaired) electrons. The molecule has 1 saturated heterocycles. The minimum Gasteiger partial charge on any atom is -0.357 e. The number of aliphatic imine (C=N–C) groups is 1. The minimum absolute atomic E-state index is 0. The molecule has 0 saturated carbocycles. The highest BCUT2D eigenvalue weighted by atomic mass is 127. The Bertz CT molecular complexity index is 278. The van der Waals surface area contributed by atoms with Crippen LogP contribution < -0.4 is 10.6 Å². The third-order valence-electron chi connectivity index (χ3n) is 2.93. The fourth-order valence-corrected chi connectivity index (χ4v) is 1.98. The zero-order valence-electron chi connectivity index (χ0n) is 12.1. The fourth-order valence-electron chi connectivity index (χ4n) is 1.98. The Morgan fingerprint density at radius 1 is 1.21 bits per heavy atom. The third-order valence-corrected chi connectivity index (χ3v) is 2.93. The molecule has 1 rings (SSSR count). The quantitative estimate of drug-likeness (QED) is 0.417. The molecule has 1 aliphatic rings. The summed E-state index contributed by atoms with van der Waals surface area (Å²) in [5, 5.41) is 6.38. The van der Waals surface area contributed by atoms with Gasteiger partial charge in [0.2, 0.25) is 5.91 Å². The van der Waals surface area contributed by atoms with Gasteiger partial charge in [0.1, 0.15) is 0 Å². The van der Waals surface area contributed by atoms with Gasteiger partial charge >= 0.3 is 0 Å². The van der Waals surface area contributed by atoms with Crippen molar-refractivity contribution in [2.45, 2.75) is 39.5 Å². The molecule has 0 bridgehead atoms. The summed E-state index contributed by atoms with van der Waals surface area (Å²) in [6.45, 7) is 8.32. The number of likely N-dealkylation sites (tertiary alicyclic amines) is 1. The molecule has 0 aliphatic carbocycles. The predicted octanol–water partition coefficient (Wildman–Crippen LogP) is 1.58. The van der Waals surface area contributed by atoms with Crippen molar-refractivity contribution in [3.8, 4) is 0 Å². The van der Waals surface area contributed by atoms with Gasteiger partial charge in [0.15, 0.2) is 5.96 Å². The van der Waals surface area contributed by atoms with Crippen LogP contribution in [-0.2, 0) is 4.79 Å². The van der Waals surface area contributed by atoms with Crippen molar-refractivity contribution in [2.24, 2.45) is 4.99 Å². The molecular weight excluding hydrogens is 355 g/mol. The van der Waals surface area contributed by atoms with Crippen LogP contribution in [0.4, 0.5) is 0 Å². The molecule has 19 heavy (non-hydrogen) atoms. The number of hydrogen-bond acceptors (Lipinski definition) is 2. The number of carbonyl (C=O) groups excluding carboxylic acids is 1. The highest BCUT2D eigenvalue weighted by molar-refractivity contribution is 14.0. The van der Waals surface area contributed by atoms with Crippen LogP contribution >= 0.6 is 24.0 Å². The summed E-state index contributed by atoms with van der Waals surface area (Å²) >= 11 is 0. The van der Waals surface area contributed by atoms with Crippen LogP contribution in [0.25, 0.3) is 0 Å². The molecule has 1 fully saturated rings. The Kier molecular flexibility index (Phi) is 11.0. The summed E-state index contributed by atoms with van der Waals surface area (Å²) in [4.78, 5) is 18.2. The van der Waals surface area contributed by atoms with Gasteiger partial charge in [0, 0.05) is 39.1 Å². The van der Waals surface area contributed by atoms with E-state index in [4.69, 9.17) is 0 Å². The monoisotopic (exact) mass is 382 g/mol. The molecule has 0 spiro atoms. The predicted molar refractivity (Wildman–Crippen MR) is 90.1 cm³/mol.